The van der Waals surface area contributed by atoms with Crippen LogP contribution in [-0.4, -0.2) is 48.2 Å². The van der Waals surface area contributed by atoms with E-state index in [1.807, 2.05) is 18.2 Å². The summed E-state index contributed by atoms with van der Waals surface area (Å²) >= 11 is 3.49. The van der Waals surface area contributed by atoms with Crippen molar-refractivity contribution >= 4 is 27.5 Å². The van der Waals surface area contributed by atoms with Crippen molar-refractivity contribution < 1.29 is 5.21 Å². The van der Waals surface area contributed by atoms with Crippen molar-refractivity contribution in [2.75, 3.05) is 31.6 Å². The number of hydrogen-bond donors (Lipinski definition) is 2. The fourth-order valence-electron chi connectivity index (χ4n) is 2.53. The Labute approximate surface area is 128 Å². The minimum atomic E-state index is 0.0863. The van der Waals surface area contributed by atoms with Crippen molar-refractivity contribution in [2.45, 2.75) is 19.4 Å². The predicted molar refractivity (Wildman–Crippen MR) is 85.6 cm³/mol. The number of rotatable bonds is 2. The molecule has 1 aromatic rings. The summed E-state index contributed by atoms with van der Waals surface area (Å²) in [6.45, 7) is 7.24. The van der Waals surface area contributed by atoms with Gasteiger partial charge in [0, 0.05) is 35.3 Å². The van der Waals surface area contributed by atoms with E-state index >= 15 is 0 Å². The molecule has 110 valence electrons. The van der Waals surface area contributed by atoms with Crippen LogP contribution >= 0.6 is 15.9 Å². The van der Waals surface area contributed by atoms with Crippen molar-refractivity contribution in [1.29, 1.82) is 0 Å². The minimum Gasteiger partial charge on any atom is -0.409 e. The normalized spacial score (nSPS) is 20.2. The maximum atomic E-state index is 9.00. The second-order valence-corrected chi connectivity index (χ2v) is 6.63. The van der Waals surface area contributed by atoms with Crippen molar-refractivity contribution in [3.05, 3.63) is 28.2 Å². The number of likely N-dealkylation sites (N-methyl/N-ethyl adjacent to an activating group) is 1. The monoisotopic (exact) mass is 340 g/mol. The minimum absolute atomic E-state index is 0.0863. The zero-order valence-corrected chi connectivity index (χ0v) is 13.7. The van der Waals surface area contributed by atoms with Gasteiger partial charge in [0.2, 0.25) is 0 Å². The average Bonchev–Trinajstić information content (AvgIpc) is 2.40. The Morgan fingerprint density at radius 1 is 1.40 bits per heavy atom. The van der Waals surface area contributed by atoms with Gasteiger partial charge in [0.1, 0.15) is 0 Å². The number of anilines is 1. The molecule has 0 spiro atoms. The van der Waals surface area contributed by atoms with Gasteiger partial charge in [0.05, 0.1) is 5.56 Å². The molecule has 3 N–H and O–H groups in total. The van der Waals surface area contributed by atoms with Crippen molar-refractivity contribution in [2.24, 2.45) is 10.9 Å². The molecule has 1 aromatic carbocycles. The quantitative estimate of drug-likeness (QED) is 0.374. The summed E-state index contributed by atoms with van der Waals surface area (Å²) in [6, 6.07) is 5.89. The summed E-state index contributed by atoms with van der Waals surface area (Å²) in [5.74, 6) is 0.129. The molecule has 0 aromatic heterocycles. The first kappa shape index (κ1) is 15.1. The number of piperazine rings is 1. The Morgan fingerprint density at radius 3 is 2.70 bits per heavy atom. The standard InChI is InChI=1S/C14H21BrN4O/c1-14(2)9-19(8-7-18(14)3)11-6-4-5-10(15)12(11)13(16)17-20/h4-6,20H,7-9H2,1-3H3,(H2,16,17). The fraction of sp³-hybridized carbons (Fsp3) is 0.500. The number of halogens is 1. The lowest BCUT2D eigenvalue weighted by atomic mass is 9.98. The van der Waals surface area contributed by atoms with E-state index in [0.717, 1.165) is 35.4 Å². The average molecular weight is 341 g/mol. The number of amidine groups is 1. The maximum Gasteiger partial charge on any atom is 0.173 e. The van der Waals surface area contributed by atoms with Gasteiger partial charge >= 0.3 is 0 Å². The zero-order chi connectivity index (χ0) is 14.9. The van der Waals surface area contributed by atoms with Crippen LogP contribution in [0.5, 0.6) is 0 Å². The van der Waals surface area contributed by atoms with Gasteiger partial charge in [-0.05, 0) is 49.0 Å². The van der Waals surface area contributed by atoms with Crippen LogP contribution < -0.4 is 10.6 Å². The lowest BCUT2D eigenvalue weighted by Crippen LogP contribution is -2.58. The molecule has 1 aliphatic heterocycles. The Balaban J connectivity index is 2.41. The molecule has 0 atom stereocenters. The largest absolute Gasteiger partial charge is 0.409 e. The zero-order valence-electron chi connectivity index (χ0n) is 12.1. The molecular weight excluding hydrogens is 320 g/mol. The van der Waals surface area contributed by atoms with E-state index in [9.17, 15) is 0 Å². The van der Waals surface area contributed by atoms with Gasteiger partial charge in [-0.3, -0.25) is 4.90 Å². The van der Waals surface area contributed by atoms with Crippen LogP contribution in [0, 0.1) is 0 Å². The topological polar surface area (TPSA) is 65.1 Å². The van der Waals surface area contributed by atoms with Gasteiger partial charge in [0.25, 0.3) is 0 Å². The number of benzene rings is 1. The van der Waals surface area contributed by atoms with Gasteiger partial charge in [-0.2, -0.15) is 0 Å². The molecule has 0 radical (unpaired) electrons. The number of nitrogens with zero attached hydrogens (tertiary/aromatic N) is 3. The van der Waals surface area contributed by atoms with Crippen LogP contribution in [0.2, 0.25) is 0 Å². The first-order valence-corrected chi connectivity index (χ1v) is 7.38. The summed E-state index contributed by atoms with van der Waals surface area (Å²) in [7, 11) is 2.14. The molecule has 0 saturated carbocycles. The lowest BCUT2D eigenvalue weighted by molar-refractivity contribution is 0.139. The fourth-order valence-corrected chi connectivity index (χ4v) is 3.08. The molecule has 1 aliphatic rings. The molecule has 0 amide bonds. The van der Waals surface area contributed by atoms with Gasteiger partial charge < -0.3 is 15.8 Å². The maximum absolute atomic E-state index is 9.00. The van der Waals surface area contributed by atoms with Gasteiger partial charge in [-0.1, -0.05) is 11.2 Å². The summed E-state index contributed by atoms with van der Waals surface area (Å²) in [4.78, 5) is 4.64. The summed E-state index contributed by atoms with van der Waals surface area (Å²) < 4.78 is 0.835. The molecule has 5 nitrogen and oxygen atoms in total. The van der Waals surface area contributed by atoms with E-state index in [0.29, 0.717) is 0 Å². The number of nitrogens with two attached hydrogens (primary N) is 1. The highest BCUT2D eigenvalue weighted by Gasteiger charge is 2.32. The third-order valence-corrected chi connectivity index (χ3v) is 4.67. The van der Waals surface area contributed by atoms with Crippen molar-refractivity contribution in [3.8, 4) is 0 Å². The molecule has 20 heavy (non-hydrogen) atoms. The smallest absolute Gasteiger partial charge is 0.173 e. The second-order valence-electron chi connectivity index (χ2n) is 5.77. The lowest BCUT2D eigenvalue weighted by Gasteiger charge is -2.46. The SMILES string of the molecule is CN1CCN(c2cccc(Br)c2/C(N)=N/O)CC1(C)C. The molecule has 6 heteroatoms. The number of oxime groups is 1. The molecule has 0 aliphatic carbocycles. The highest BCUT2D eigenvalue weighted by atomic mass is 79.9. The Bertz CT molecular complexity index is 530. The molecule has 0 unspecified atom stereocenters. The molecule has 1 fully saturated rings. The Morgan fingerprint density at radius 2 is 2.10 bits per heavy atom. The van der Waals surface area contributed by atoms with Crippen LogP contribution in [0.25, 0.3) is 0 Å². The van der Waals surface area contributed by atoms with Crippen LogP contribution in [0.4, 0.5) is 5.69 Å². The van der Waals surface area contributed by atoms with Gasteiger partial charge in [-0.25, -0.2) is 0 Å². The highest BCUT2D eigenvalue weighted by Crippen LogP contribution is 2.31. The Hall–Kier alpha value is -1.27. The van der Waals surface area contributed by atoms with E-state index in [4.69, 9.17) is 10.9 Å². The van der Waals surface area contributed by atoms with E-state index in [1.54, 1.807) is 0 Å². The van der Waals surface area contributed by atoms with E-state index in [-0.39, 0.29) is 11.4 Å². The van der Waals surface area contributed by atoms with Crippen LogP contribution in [0.15, 0.2) is 27.8 Å². The molecule has 2 rings (SSSR count). The van der Waals surface area contributed by atoms with Crippen molar-refractivity contribution in [1.82, 2.24) is 4.90 Å². The summed E-state index contributed by atoms with van der Waals surface area (Å²) in [5.41, 5.74) is 7.66. The van der Waals surface area contributed by atoms with E-state index in [2.05, 4.69) is 51.8 Å². The molecule has 0 bridgehead atoms. The predicted octanol–water partition coefficient (Wildman–Crippen LogP) is 2.07. The van der Waals surface area contributed by atoms with E-state index < -0.39 is 0 Å². The van der Waals surface area contributed by atoms with Gasteiger partial charge in [0.15, 0.2) is 5.84 Å². The first-order valence-electron chi connectivity index (χ1n) is 6.59. The molecule has 1 saturated heterocycles. The van der Waals surface area contributed by atoms with Crippen LogP contribution in [-0.2, 0) is 0 Å². The van der Waals surface area contributed by atoms with Crippen LogP contribution in [0.3, 0.4) is 0 Å². The summed E-state index contributed by atoms with van der Waals surface area (Å²) in [5, 5.41) is 12.1. The highest BCUT2D eigenvalue weighted by molar-refractivity contribution is 9.10. The number of hydrogen-bond acceptors (Lipinski definition) is 4. The first-order chi connectivity index (χ1) is 9.36. The summed E-state index contributed by atoms with van der Waals surface area (Å²) in [6.07, 6.45) is 0. The van der Waals surface area contributed by atoms with Crippen LogP contribution in [0.1, 0.15) is 19.4 Å². The molecule has 1 heterocycles. The molecular formula is C14H21BrN4O. The van der Waals surface area contributed by atoms with Crippen molar-refractivity contribution in [3.63, 3.8) is 0 Å². The second kappa shape index (κ2) is 5.61. The van der Waals surface area contributed by atoms with E-state index in [1.165, 1.54) is 0 Å². The Kier molecular flexibility index (Phi) is 4.25. The van der Waals surface area contributed by atoms with Gasteiger partial charge in [-0.15, -0.1) is 0 Å². The third-order valence-electron chi connectivity index (χ3n) is 4.01. The third kappa shape index (κ3) is 2.76.